The molecule has 0 aromatic heterocycles. The Balaban J connectivity index is 3.73. The maximum atomic E-state index is 11.4. The zero-order valence-corrected chi connectivity index (χ0v) is 10.2. The standard InChI is InChI=1S/C9H21NO4S/c1-9(4-5-11)8-10-15(12,13)7-3-6-14-2/h9-11H,3-8H2,1-2H3. The van der Waals surface area contributed by atoms with Gasteiger partial charge in [-0.2, -0.15) is 0 Å². The monoisotopic (exact) mass is 239 g/mol. The van der Waals surface area contributed by atoms with Crippen LogP contribution in [0.25, 0.3) is 0 Å². The molecule has 1 atom stereocenters. The highest BCUT2D eigenvalue weighted by atomic mass is 32.2. The minimum atomic E-state index is -3.18. The number of nitrogens with one attached hydrogen (secondary N) is 1. The van der Waals surface area contributed by atoms with Gasteiger partial charge in [-0.3, -0.25) is 0 Å². The van der Waals surface area contributed by atoms with Crippen molar-refractivity contribution in [3.05, 3.63) is 0 Å². The van der Waals surface area contributed by atoms with Crippen LogP contribution in [0.1, 0.15) is 19.8 Å². The molecule has 5 nitrogen and oxygen atoms in total. The Morgan fingerprint density at radius 1 is 1.47 bits per heavy atom. The predicted octanol–water partition coefficient (Wildman–Crippen LogP) is -0.0392. The Morgan fingerprint density at radius 2 is 2.13 bits per heavy atom. The van der Waals surface area contributed by atoms with E-state index in [1.165, 1.54) is 0 Å². The van der Waals surface area contributed by atoms with Gasteiger partial charge >= 0.3 is 0 Å². The van der Waals surface area contributed by atoms with E-state index in [9.17, 15) is 8.42 Å². The maximum absolute atomic E-state index is 11.4. The minimum absolute atomic E-state index is 0.0899. The highest BCUT2D eigenvalue weighted by molar-refractivity contribution is 7.89. The van der Waals surface area contributed by atoms with E-state index in [0.717, 1.165) is 0 Å². The Hall–Kier alpha value is -0.170. The number of hydrogen-bond acceptors (Lipinski definition) is 4. The first-order chi connectivity index (χ1) is 7.02. The quantitative estimate of drug-likeness (QED) is 0.554. The van der Waals surface area contributed by atoms with Gasteiger partial charge in [0.15, 0.2) is 0 Å². The highest BCUT2D eigenvalue weighted by Crippen LogP contribution is 2.00. The first kappa shape index (κ1) is 14.8. The molecule has 0 saturated carbocycles. The van der Waals surface area contributed by atoms with E-state index in [1.54, 1.807) is 7.11 Å². The molecule has 6 heteroatoms. The SMILES string of the molecule is COCCCS(=O)(=O)NCC(C)CCO. The van der Waals surface area contributed by atoms with Crippen LogP contribution in [0.15, 0.2) is 0 Å². The summed E-state index contributed by atoms with van der Waals surface area (Å²) in [6, 6.07) is 0. The number of methoxy groups -OCH3 is 1. The van der Waals surface area contributed by atoms with Crippen molar-refractivity contribution in [2.45, 2.75) is 19.8 Å². The van der Waals surface area contributed by atoms with Crippen molar-refractivity contribution in [2.24, 2.45) is 5.92 Å². The Kier molecular flexibility index (Phi) is 7.95. The fraction of sp³-hybridized carbons (Fsp3) is 1.00. The number of rotatable bonds is 9. The topological polar surface area (TPSA) is 75.6 Å². The molecule has 0 spiro atoms. The van der Waals surface area contributed by atoms with Crippen molar-refractivity contribution in [3.8, 4) is 0 Å². The number of hydrogen-bond donors (Lipinski definition) is 2. The Labute approximate surface area is 91.9 Å². The lowest BCUT2D eigenvalue weighted by Gasteiger charge is -2.11. The first-order valence-corrected chi connectivity index (χ1v) is 6.74. The summed E-state index contributed by atoms with van der Waals surface area (Å²) in [6.07, 6.45) is 1.11. The van der Waals surface area contributed by atoms with Crippen LogP contribution in [0.4, 0.5) is 0 Å². The molecular weight excluding hydrogens is 218 g/mol. The molecule has 0 aliphatic carbocycles. The van der Waals surface area contributed by atoms with E-state index in [-0.39, 0.29) is 18.3 Å². The van der Waals surface area contributed by atoms with E-state index in [2.05, 4.69) is 4.72 Å². The molecule has 0 aliphatic rings. The molecule has 0 heterocycles. The first-order valence-electron chi connectivity index (χ1n) is 5.09. The molecule has 0 bridgehead atoms. The van der Waals surface area contributed by atoms with Crippen LogP contribution in [-0.2, 0) is 14.8 Å². The smallest absolute Gasteiger partial charge is 0.211 e. The fourth-order valence-corrected chi connectivity index (χ4v) is 2.24. The largest absolute Gasteiger partial charge is 0.396 e. The second kappa shape index (κ2) is 8.04. The molecule has 2 N–H and O–H groups in total. The van der Waals surface area contributed by atoms with E-state index >= 15 is 0 Å². The molecule has 0 amide bonds. The Bertz CT molecular complexity index is 240. The lowest BCUT2D eigenvalue weighted by molar-refractivity contribution is 0.199. The van der Waals surface area contributed by atoms with Crippen LogP contribution < -0.4 is 4.72 Å². The summed E-state index contributed by atoms with van der Waals surface area (Å²) < 4.78 is 30.1. The summed E-state index contributed by atoms with van der Waals surface area (Å²) >= 11 is 0. The van der Waals surface area contributed by atoms with E-state index in [4.69, 9.17) is 9.84 Å². The van der Waals surface area contributed by atoms with Crippen molar-refractivity contribution in [3.63, 3.8) is 0 Å². The van der Waals surface area contributed by atoms with Gasteiger partial charge in [0.25, 0.3) is 0 Å². The van der Waals surface area contributed by atoms with Gasteiger partial charge < -0.3 is 9.84 Å². The van der Waals surface area contributed by atoms with E-state index in [0.29, 0.717) is 26.0 Å². The van der Waals surface area contributed by atoms with Crippen molar-refractivity contribution < 1.29 is 18.3 Å². The lowest BCUT2D eigenvalue weighted by Crippen LogP contribution is -2.31. The third-order valence-corrected chi connectivity index (χ3v) is 3.47. The molecule has 0 fully saturated rings. The zero-order valence-electron chi connectivity index (χ0n) is 9.40. The Morgan fingerprint density at radius 3 is 2.67 bits per heavy atom. The van der Waals surface area contributed by atoms with Crippen LogP contribution in [0, 0.1) is 5.92 Å². The molecule has 0 rings (SSSR count). The second-order valence-electron chi connectivity index (χ2n) is 3.63. The van der Waals surface area contributed by atoms with Crippen molar-refractivity contribution in [1.29, 1.82) is 0 Å². The van der Waals surface area contributed by atoms with Crippen molar-refractivity contribution in [2.75, 3.05) is 32.6 Å². The van der Waals surface area contributed by atoms with Crippen LogP contribution in [0.5, 0.6) is 0 Å². The van der Waals surface area contributed by atoms with Gasteiger partial charge in [0, 0.05) is 26.9 Å². The summed E-state index contributed by atoms with van der Waals surface area (Å²) in [4.78, 5) is 0. The number of aliphatic hydroxyl groups excluding tert-OH is 1. The minimum Gasteiger partial charge on any atom is -0.396 e. The van der Waals surface area contributed by atoms with Gasteiger partial charge in [-0.15, -0.1) is 0 Å². The molecule has 0 aromatic carbocycles. The summed E-state index contributed by atoms with van der Waals surface area (Å²) in [6.45, 7) is 2.82. The second-order valence-corrected chi connectivity index (χ2v) is 5.56. The van der Waals surface area contributed by atoms with Crippen molar-refractivity contribution in [1.82, 2.24) is 4.72 Å². The molecule has 15 heavy (non-hydrogen) atoms. The fourth-order valence-electron chi connectivity index (χ4n) is 1.06. The van der Waals surface area contributed by atoms with Gasteiger partial charge in [-0.25, -0.2) is 13.1 Å². The van der Waals surface area contributed by atoms with E-state index in [1.807, 2.05) is 6.92 Å². The van der Waals surface area contributed by atoms with Gasteiger partial charge in [-0.05, 0) is 18.8 Å². The molecule has 0 aliphatic heterocycles. The summed E-state index contributed by atoms with van der Waals surface area (Å²) in [5, 5.41) is 8.65. The number of ether oxygens (including phenoxy) is 1. The third-order valence-electron chi connectivity index (χ3n) is 2.04. The molecule has 92 valence electrons. The van der Waals surface area contributed by atoms with Gasteiger partial charge in [0.1, 0.15) is 0 Å². The van der Waals surface area contributed by atoms with Crippen molar-refractivity contribution >= 4 is 10.0 Å². The maximum Gasteiger partial charge on any atom is 0.211 e. The average Bonchev–Trinajstić information content (AvgIpc) is 2.16. The van der Waals surface area contributed by atoms with E-state index < -0.39 is 10.0 Å². The van der Waals surface area contributed by atoms with Gasteiger partial charge in [-0.1, -0.05) is 6.92 Å². The van der Waals surface area contributed by atoms with Crippen LogP contribution in [0.2, 0.25) is 0 Å². The molecule has 1 unspecified atom stereocenters. The summed E-state index contributed by atoms with van der Waals surface area (Å²) in [5.41, 5.74) is 0. The average molecular weight is 239 g/mol. The molecule has 0 aromatic rings. The molecular formula is C9H21NO4S. The summed E-state index contributed by atoms with van der Waals surface area (Å²) in [7, 11) is -1.63. The lowest BCUT2D eigenvalue weighted by atomic mass is 10.1. The van der Waals surface area contributed by atoms with Crippen LogP contribution in [0.3, 0.4) is 0 Å². The molecule has 0 radical (unpaired) electrons. The highest BCUT2D eigenvalue weighted by Gasteiger charge is 2.11. The third kappa shape index (κ3) is 8.80. The number of aliphatic hydroxyl groups is 1. The normalized spacial score (nSPS) is 14.1. The van der Waals surface area contributed by atoms with Crippen LogP contribution in [-0.4, -0.2) is 46.1 Å². The number of sulfonamides is 1. The molecule has 0 saturated heterocycles. The summed E-state index contributed by atoms with van der Waals surface area (Å²) in [5.74, 6) is 0.249. The van der Waals surface area contributed by atoms with Gasteiger partial charge in [0.05, 0.1) is 5.75 Å². The zero-order chi connectivity index (χ0) is 11.7. The predicted molar refractivity (Wildman–Crippen MR) is 59.1 cm³/mol. The van der Waals surface area contributed by atoms with Crippen LogP contribution >= 0.6 is 0 Å². The van der Waals surface area contributed by atoms with Gasteiger partial charge in [0.2, 0.25) is 10.0 Å².